The minimum absolute atomic E-state index is 0.0214. The van der Waals surface area contributed by atoms with Gasteiger partial charge in [-0.25, -0.2) is 8.78 Å². The van der Waals surface area contributed by atoms with Crippen LogP contribution in [0.15, 0.2) is 18.2 Å². The van der Waals surface area contributed by atoms with Gasteiger partial charge in [0.1, 0.15) is 11.6 Å². The molecule has 1 fully saturated rings. The van der Waals surface area contributed by atoms with Crippen LogP contribution in [0.4, 0.5) is 8.78 Å². The van der Waals surface area contributed by atoms with Gasteiger partial charge in [-0.1, -0.05) is 6.92 Å². The number of hydrogen-bond donors (Lipinski definition) is 1. The topological polar surface area (TPSA) is 20.2 Å². The molecule has 1 aliphatic carbocycles. The Kier molecular flexibility index (Phi) is 2.98. The summed E-state index contributed by atoms with van der Waals surface area (Å²) < 4.78 is 26.5. The van der Waals surface area contributed by atoms with Gasteiger partial charge in [0.2, 0.25) is 0 Å². The van der Waals surface area contributed by atoms with E-state index < -0.39 is 5.82 Å². The molecular weight excluding hydrogens is 210 g/mol. The number of aliphatic hydroxyl groups is 1. The Hall–Kier alpha value is -0.960. The average Bonchev–Trinajstić information content (AvgIpc) is 3.07. The first-order valence-electron chi connectivity index (χ1n) is 5.60. The van der Waals surface area contributed by atoms with Crippen molar-refractivity contribution in [3.63, 3.8) is 0 Å². The molecule has 16 heavy (non-hydrogen) atoms. The smallest absolute Gasteiger partial charge is 0.126 e. The number of halogens is 2. The quantitative estimate of drug-likeness (QED) is 0.837. The van der Waals surface area contributed by atoms with Crippen LogP contribution >= 0.6 is 0 Å². The third-order valence-electron chi connectivity index (χ3n) is 3.53. The molecule has 0 bridgehead atoms. The predicted octanol–water partition coefficient (Wildman–Crippen LogP) is 2.92. The molecule has 0 aromatic heterocycles. The largest absolute Gasteiger partial charge is 0.396 e. The van der Waals surface area contributed by atoms with E-state index in [1.54, 1.807) is 0 Å². The second-order valence-electron chi connectivity index (χ2n) is 5.00. The van der Waals surface area contributed by atoms with Gasteiger partial charge in [-0.2, -0.15) is 0 Å². The molecule has 1 aromatic carbocycles. The van der Waals surface area contributed by atoms with E-state index in [-0.39, 0.29) is 17.8 Å². The van der Waals surface area contributed by atoms with Gasteiger partial charge in [0.05, 0.1) is 0 Å². The highest BCUT2D eigenvalue weighted by molar-refractivity contribution is 5.21. The monoisotopic (exact) mass is 226 g/mol. The lowest BCUT2D eigenvalue weighted by molar-refractivity contribution is 0.118. The van der Waals surface area contributed by atoms with E-state index in [0.717, 1.165) is 25.0 Å². The predicted molar refractivity (Wildman–Crippen MR) is 58.0 cm³/mol. The van der Waals surface area contributed by atoms with Gasteiger partial charge in [0.15, 0.2) is 0 Å². The van der Waals surface area contributed by atoms with Gasteiger partial charge in [0.25, 0.3) is 0 Å². The maximum Gasteiger partial charge on any atom is 0.126 e. The number of aliphatic hydroxyl groups excluding tert-OH is 1. The molecular formula is C13H16F2O. The highest BCUT2D eigenvalue weighted by Crippen LogP contribution is 2.47. The summed E-state index contributed by atoms with van der Waals surface area (Å²) in [7, 11) is 0. The Balaban J connectivity index is 2.21. The zero-order valence-electron chi connectivity index (χ0n) is 9.34. The van der Waals surface area contributed by atoms with Crippen molar-refractivity contribution in [1.29, 1.82) is 0 Å². The van der Waals surface area contributed by atoms with Crippen molar-refractivity contribution < 1.29 is 13.9 Å². The van der Waals surface area contributed by atoms with Crippen LogP contribution in [-0.4, -0.2) is 11.7 Å². The molecule has 1 atom stereocenters. The molecule has 1 N–H and O–H groups in total. The highest BCUT2D eigenvalue weighted by Gasteiger charge is 2.41. The van der Waals surface area contributed by atoms with Gasteiger partial charge in [-0.05, 0) is 54.4 Å². The van der Waals surface area contributed by atoms with Crippen LogP contribution in [0.1, 0.15) is 25.3 Å². The third-order valence-corrected chi connectivity index (χ3v) is 3.53. The Morgan fingerprint density at radius 1 is 1.38 bits per heavy atom. The Labute approximate surface area is 94.1 Å². The molecule has 88 valence electrons. The van der Waals surface area contributed by atoms with Crippen LogP contribution in [0.5, 0.6) is 0 Å². The number of rotatable bonds is 4. The van der Waals surface area contributed by atoms with Crippen LogP contribution < -0.4 is 0 Å². The van der Waals surface area contributed by atoms with Crippen molar-refractivity contribution in [3.05, 3.63) is 35.4 Å². The normalized spacial score (nSPS) is 19.5. The summed E-state index contributed by atoms with van der Waals surface area (Å²) in [5.41, 5.74) is 0.0534. The first-order valence-corrected chi connectivity index (χ1v) is 5.60. The summed E-state index contributed by atoms with van der Waals surface area (Å²) in [5, 5.41) is 9.40. The lowest BCUT2D eigenvalue weighted by atomic mass is 9.79. The fourth-order valence-electron chi connectivity index (χ4n) is 2.22. The molecule has 1 aliphatic rings. The van der Waals surface area contributed by atoms with E-state index in [1.807, 2.05) is 6.92 Å². The van der Waals surface area contributed by atoms with E-state index in [4.69, 9.17) is 0 Å². The fraction of sp³-hybridized carbons (Fsp3) is 0.538. The summed E-state index contributed by atoms with van der Waals surface area (Å²) in [4.78, 5) is 0. The van der Waals surface area contributed by atoms with E-state index in [2.05, 4.69) is 0 Å². The summed E-state index contributed by atoms with van der Waals surface area (Å²) in [6.07, 6.45) is 2.56. The van der Waals surface area contributed by atoms with E-state index in [9.17, 15) is 13.9 Å². The van der Waals surface area contributed by atoms with Crippen molar-refractivity contribution in [1.82, 2.24) is 0 Å². The van der Waals surface area contributed by atoms with Crippen LogP contribution in [0.25, 0.3) is 0 Å². The molecule has 1 nitrogen and oxygen atoms in total. The van der Waals surface area contributed by atoms with Crippen LogP contribution in [0.2, 0.25) is 0 Å². The maximum atomic E-state index is 13.5. The van der Waals surface area contributed by atoms with Gasteiger partial charge < -0.3 is 5.11 Å². The first-order chi connectivity index (χ1) is 7.55. The summed E-state index contributed by atoms with van der Waals surface area (Å²) in [5.74, 6) is -0.366. The van der Waals surface area contributed by atoms with E-state index in [0.29, 0.717) is 17.9 Å². The van der Waals surface area contributed by atoms with Crippen molar-refractivity contribution in [2.75, 3.05) is 6.61 Å². The van der Waals surface area contributed by atoms with Gasteiger partial charge in [0, 0.05) is 6.61 Å². The lowest BCUT2D eigenvalue weighted by Crippen LogP contribution is -2.27. The maximum absolute atomic E-state index is 13.5. The lowest BCUT2D eigenvalue weighted by Gasteiger charge is -2.27. The van der Waals surface area contributed by atoms with Gasteiger partial charge in [-0.3, -0.25) is 0 Å². The Bertz CT molecular complexity index is 388. The zero-order chi connectivity index (χ0) is 11.8. The molecule has 1 saturated carbocycles. The summed E-state index contributed by atoms with van der Waals surface area (Å²) >= 11 is 0. The molecule has 1 unspecified atom stereocenters. The summed E-state index contributed by atoms with van der Waals surface area (Å²) in [6.45, 7) is 1.96. The van der Waals surface area contributed by atoms with Crippen molar-refractivity contribution >= 4 is 0 Å². The van der Waals surface area contributed by atoms with Gasteiger partial charge >= 0.3 is 0 Å². The van der Waals surface area contributed by atoms with Crippen LogP contribution in [0.3, 0.4) is 0 Å². The number of benzene rings is 1. The minimum atomic E-state index is -0.424. The first kappa shape index (κ1) is 11.5. The molecule has 1 aromatic rings. The SMILES string of the molecule is CC(CO)(Cc1cc(F)ccc1F)C1CC1. The standard InChI is InChI=1S/C13H16F2O/c1-13(8-16,10-2-3-10)7-9-6-11(14)4-5-12(9)15/h4-6,10,16H,2-3,7-8H2,1H3. The van der Waals surface area contributed by atoms with Crippen molar-refractivity contribution in [3.8, 4) is 0 Å². The molecule has 0 radical (unpaired) electrons. The number of hydrogen-bond acceptors (Lipinski definition) is 1. The van der Waals surface area contributed by atoms with E-state index in [1.165, 1.54) is 6.07 Å². The molecule has 2 rings (SSSR count). The zero-order valence-corrected chi connectivity index (χ0v) is 9.34. The minimum Gasteiger partial charge on any atom is -0.396 e. The molecule has 0 spiro atoms. The van der Waals surface area contributed by atoms with Crippen LogP contribution in [0, 0.1) is 23.0 Å². The third kappa shape index (κ3) is 2.24. The average molecular weight is 226 g/mol. The van der Waals surface area contributed by atoms with E-state index >= 15 is 0 Å². The fourth-order valence-corrected chi connectivity index (χ4v) is 2.22. The highest BCUT2D eigenvalue weighted by atomic mass is 19.1. The molecule has 0 saturated heterocycles. The van der Waals surface area contributed by atoms with Gasteiger partial charge in [-0.15, -0.1) is 0 Å². The van der Waals surface area contributed by atoms with Crippen molar-refractivity contribution in [2.24, 2.45) is 11.3 Å². The second kappa shape index (κ2) is 4.13. The molecule has 0 amide bonds. The second-order valence-corrected chi connectivity index (χ2v) is 5.00. The van der Waals surface area contributed by atoms with Crippen LogP contribution in [-0.2, 0) is 6.42 Å². The van der Waals surface area contributed by atoms with Crippen molar-refractivity contribution in [2.45, 2.75) is 26.2 Å². The molecule has 0 aliphatic heterocycles. The molecule has 3 heteroatoms. The summed E-state index contributed by atoms with van der Waals surface area (Å²) in [6, 6.07) is 3.49. The Morgan fingerprint density at radius 2 is 2.06 bits per heavy atom. The Morgan fingerprint density at radius 3 is 2.62 bits per heavy atom. The molecule has 0 heterocycles.